The highest BCUT2D eigenvalue weighted by Crippen LogP contribution is 2.68. The summed E-state index contributed by atoms with van der Waals surface area (Å²) < 4.78 is 88.3. The summed E-state index contributed by atoms with van der Waals surface area (Å²) in [7, 11) is -14.3. The van der Waals surface area contributed by atoms with Crippen molar-refractivity contribution in [2.75, 3.05) is 32.9 Å². The average molecular weight is 828 g/mol. The molecule has 7 rings (SSSR count). The quantitative estimate of drug-likeness (QED) is 0.0558. The molecular weight excluding hydrogens is 795 g/mol. The van der Waals surface area contributed by atoms with Crippen molar-refractivity contribution >= 4 is 51.7 Å². The third kappa shape index (κ3) is 7.47. The van der Waals surface area contributed by atoms with Crippen LogP contribution in [0.3, 0.4) is 0 Å². The molecule has 0 radical (unpaired) electrons. The number of aliphatic hydroxyl groups excluding tert-OH is 1. The molecule has 0 spiro atoms. The Kier molecular flexibility index (Phi) is 10.3. The smallest absolute Gasteiger partial charge is 0.386 e. The Morgan fingerprint density at radius 1 is 0.981 bits per heavy atom. The van der Waals surface area contributed by atoms with Gasteiger partial charge in [-0.25, -0.2) is 28.2 Å². The van der Waals surface area contributed by atoms with Crippen LogP contribution in [0.25, 0.3) is 22.3 Å². The molecule has 0 amide bonds. The first-order valence-electron chi connectivity index (χ1n) is 15.5. The van der Waals surface area contributed by atoms with Crippen LogP contribution in [0.15, 0.2) is 22.2 Å². The molecule has 0 aromatic carbocycles. The number of nitrogens with two attached hydrogens (primary N) is 1. The largest absolute Gasteiger partial charge is 0.490 e. The van der Waals surface area contributed by atoms with Gasteiger partial charge in [0.2, 0.25) is 11.7 Å². The number of aromatic amines is 2. The Bertz CT molecular complexity index is 2350. The first kappa shape index (κ1) is 38.9. The molecule has 7 heterocycles. The highest BCUT2D eigenvalue weighted by molar-refractivity contribution is 7.66. The Hall–Kier alpha value is -3.33. The number of anilines is 1. The number of imidazole rings is 2. The van der Waals surface area contributed by atoms with E-state index < -0.39 is 96.9 Å². The van der Waals surface area contributed by atoms with Gasteiger partial charge in [-0.15, -0.1) is 0 Å². The zero-order valence-electron chi connectivity index (χ0n) is 28.0. The van der Waals surface area contributed by atoms with Crippen LogP contribution >= 0.6 is 23.5 Å². The van der Waals surface area contributed by atoms with Crippen molar-refractivity contribution in [1.82, 2.24) is 34.1 Å². The molecular formula is C24H33N9O18P3+. The van der Waals surface area contributed by atoms with Crippen molar-refractivity contribution in [3.63, 3.8) is 0 Å². The Morgan fingerprint density at radius 2 is 1.65 bits per heavy atom. The molecule has 8 N–H and O–H groups in total. The molecule has 11 atom stereocenters. The van der Waals surface area contributed by atoms with E-state index in [1.165, 1.54) is 40.4 Å². The topological polar surface area (TPSA) is 359 Å². The lowest BCUT2D eigenvalue weighted by molar-refractivity contribution is -0.745. The van der Waals surface area contributed by atoms with E-state index in [1.54, 1.807) is 7.05 Å². The normalized spacial score (nSPS) is 30.4. The fraction of sp³-hybridized carbons (Fsp3) is 0.583. The van der Waals surface area contributed by atoms with Crippen LogP contribution in [0.5, 0.6) is 0 Å². The molecule has 30 heteroatoms. The van der Waals surface area contributed by atoms with Crippen molar-refractivity contribution in [3.8, 4) is 0 Å². The number of methoxy groups -OCH3 is 1. The lowest BCUT2D eigenvalue weighted by Crippen LogP contribution is -2.45. The lowest BCUT2D eigenvalue weighted by atomic mass is 10.1. The van der Waals surface area contributed by atoms with Crippen molar-refractivity contribution in [1.29, 1.82) is 0 Å². The van der Waals surface area contributed by atoms with Crippen molar-refractivity contribution in [3.05, 3.63) is 39.2 Å². The molecule has 4 aromatic rings. The molecule has 3 aliphatic rings. The fourth-order valence-corrected chi connectivity index (χ4v) is 9.87. The summed E-state index contributed by atoms with van der Waals surface area (Å²) in [6.45, 7) is -0.394. The average Bonchev–Trinajstić information content (AvgIpc) is 3.87. The van der Waals surface area contributed by atoms with Crippen LogP contribution in [0.2, 0.25) is 0 Å². The maximum Gasteiger partial charge on any atom is 0.490 e. The van der Waals surface area contributed by atoms with Gasteiger partial charge in [0.15, 0.2) is 23.7 Å². The van der Waals surface area contributed by atoms with E-state index in [0.717, 1.165) is 0 Å². The zero-order chi connectivity index (χ0) is 38.9. The summed E-state index contributed by atoms with van der Waals surface area (Å²) in [5, 5.41) is 10.9. The van der Waals surface area contributed by atoms with Gasteiger partial charge >= 0.3 is 29.1 Å². The Morgan fingerprint density at radius 3 is 2.33 bits per heavy atom. The molecule has 3 saturated heterocycles. The molecule has 0 saturated carbocycles. The molecule has 296 valence electrons. The molecule has 0 aliphatic carbocycles. The van der Waals surface area contributed by atoms with Gasteiger partial charge in [-0.3, -0.25) is 32.8 Å². The van der Waals surface area contributed by atoms with Gasteiger partial charge in [0.05, 0.1) is 26.6 Å². The van der Waals surface area contributed by atoms with Gasteiger partial charge in [0.25, 0.3) is 17.1 Å². The van der Waals surface area contributed by atoms with Crippen molar-refractivity contribution < 1.29 is 79.4 Å². The van der Waals surface area contributed by atoms with Crippen LogP contribution in [-0.2, 0) is 62.1 Å². The number of aromatic nitrogens is 8. The number of nitrogens with zero attached hydrogens (tertiary/aromatic N) is 6. The van der Waals surface area contributed by atoms with E-state index in [4.69, 9.17) is 38.5 Å². The summed E-state index contributed by atoms with van der Waals surface area (Å²) in [6, 6.07) is 0. The highest BCUT2D eigenvalue weighted by atomic mass is 31.3. The maximum atomic E-state index is 12.7. The van der Waals surface area contributed by atoms with E-state index in [9.17, 15) is 43.1 Å². The SMILES string of the molecule is COC1[C@@H](COP(=O)(O)OP(=O)(O)OP(=O)(O)OC[C@H]2O[C@@H]([n+]3cn(C)c4c(=O)[nH]c(N)nc43)C3OCO[C@H]32)O[C@@H](n2cnc3c(=O)[nH]c(C)nc32)[C@H]1O. The number of ether oxygens (including phenoxy) is 5. The predicted octanol–water partition coefficient (Wildman–Crippen LogP) is -2.15. The number of fused-ring (bicyclic) bond motifs is 3. The molecule has 54 heavy (non-hydrogen) atoms. The van der Waals surface area contributed by atoms with E-state index >= 15 is 0 Å². The number of nitrogen functional groups attached to an aromatic ring is 1. The second-order valence-electron chi connectivity index (χ2n) is 12.1. The first-order valence-corrected chi connectivity index (χ1v) is 20.0. The van der Waals surface area contributed by atoms with Crippen LogP contribution in [0.4, 0.5) is 5.95 Å². The number of aryl methyl sites for hydroxylation is 2. The minimum atomic E-state index is -5.90. The summed E-state index contributed by atoms with van der Waals surface area (Å²) >= 11 is 0. The van der Waals surface area contributed by atoms with E-state index in [0.29, 0.717) is 0 Å². The standard InChI is InChI=1S/C24H32N9O18P3/c1-9-27-18-12(20(35)28-9)26-6-32(18)22-14(34)15(43-3)10(48-22)4-46-52(37,38)50-54(41,42)51-53(39,40)47-5-11-16-17(45-8-44-16)23(49-11)33-7-31(2)13-19(33)29-24(25)30-21(13)36/h6-7,10-11,14-17,22-23,34H,4-5,8H2,1-3H3,(H6-,25,27,28,29,30,35,36,37,38,39,40,41,42)/p+1/t10-,11-,14+,15?,16+,17?,22-,23-/m1/s1. The van der Waals surface area contributed by atoms with Gasteiger partial charge in [0.1, 0.15) is 49.2 Å². The van der Waals surface area contributed by atoms with E-state index in [-0.39, 0.29) is 40.9 Å². The van der Waals surface area contributed by atoms with Crippen LogP contribution < -0.4 is 21.4 Å². The molecule has 3 aliphatic heterocycles. The summed E-state index contributed by atoms with van der Waals surface area (Å²) in [4.78, 5) is 72.5. The molecule has 27 nitrogen and oxygen atoms in total. The monoisotopic (exact) mass is 828 g/mol. The van der Waals surface area contributed by atoms with Gasteiger partial charge in [0, 0.05) is 7.11 Å². The molecule has 4 aromatic heterocycles. The zero-order valence-corrected chi connectivity index (χ0v) is 30.7. The third-order valence-electron chi connectivity index (χ3n) is 8.49. The van der Waals surface area contributed by atoms with E-state index in [2.05, 4.69) is 33.5 Å². The molecule has 3 fully saturated rings. The van der Waals surface area contributed by atoms with Gasteiger partial charge in [-0.2, -0.15) is 8.62 Å². The molecule has 5 unspecified atom stereocenters. The number of hydrogen-bond donors (Lipinski definition) is 7. The minimum absolute atomic E-state index is 0.0505. The first-order chi connectivity index (χ1) is 25.4. The summed E-state index contributed by atoms with van der Waals surface area (Å²) in [5.74, 6) is 0.0611. The van der Waals surface area contributed by atoms with Crippen LogP contribution in [-0.4, -0.2) is 118 Å². The van der Waals surface area contributed by atoms with Crippen molar-refractivity contribution in [2.24, 2.45) is 7.05 Å². The Balaban J connectivity index is 0.968. The fourth-order valence-electron chi connectivity index (χ4n) is 6.35. The second kappa shape index (κ2) is 14.3. The molecule has 0 bridgehead atoms. The number of H-pyrrole nitrogens is 2. The predicted molar refractivity (Wildman–Crippen MR) is 172 cm³/mol. The lowest BCUT2D eigenvalue weighted by Gasteiger charge is -2.22. The van der Waals surface area contributed by atoms with Crippen LogP contribution in [0.1, 0.15) is 18.3 Å². The number of aliphatic hydroxyl groups is 1. The highest BCUT2D eigenvalue weighted by Gasteiger charge is 2.54. The number of nitrogens with one attached hydrogen (secondary N) is 2. The number of phosphoric ester groups is 2. The van der Waals surface area contributed by atoms with Crippen molar-refractivity contribution in [2.45, 2.75) is 56.0 Å². The number of phosphoric acid groups is 3. The number of hydrogen-bond acceptors (Lipinski definition) is 19. The second-order valence-corrected chi connectivity index (χ2v) is 16.7. The van der Waals surface area contributed by atoms with Crippen LogP contribution in [0, 0.1) is 6.92 Å². The van der Waals surface area contributed by atoms with E-state index in [1.807, 2.05) is 0 Å². The maximum absolute atomic E-state index is 12.7. The van der Waals surface area contributed by atoms with Gasteiger partial charge < -0.3 is 54.2 Å². The van der Waals surface area contributed by atoms with Gasteiger partial charge in [-0.1, -0.05) is 4.98 Å². The summed E-state index contributed by atoms with van der Waals surface area (Å²) in [5.41, 5.74) is 4.89. The number of rotatable bonds is 13. The van der Waals surface area contributed by atoms with Gasteiger partial charge in [-0.05, 0) is 6.92 Å². The third-order valence-corrected chi connectivity index (χ3v) is 12.7. The minimum Gasteiger partial charge on any atom is -0.386 e. The Labute approximate surface area is 300 Å². The summed E-state index contributed by atoms with van der Waals surface area (Å²) in [6.07, 6.45) is -6.59.